The Morgan fingerprint density at radius 1 is 0.286 bits per heavy atom. The van der Waals surface area contributed by atoms with Gasteiger partial charge in [0.05, 0.1) is 5.69 Å². The van der Waals surface area contributed by atoms with Crippen molar-refractivity contribution < 1.29 is 0 Å². The highest BCUT2D eigenvalue weighted by atomic mass is 32.1. The van der Waals surface area contributed by atoms with Gasteiger partial charge in [-0.15, -0.1) is 11.3 Å². The molecular weight excluding hydrogens is 695 g/mol. The van der Waals surface area contributed by atoms with Crippen molar-refractivity contribution in [2.45, 2.75) is 0 Å². The molecule has 0 bridgehead atoms. The summed E-state index contributed by atoms with van der Waals surface area (Å²) >= 11 is 1.85. The third kappa shape index (κ3) is 6.26. The Morgan fingerprint density at radius 2 is 0.786 bits per heavy atom. The first kappa shape index (κ1) is 33.6. The molecule has 0 N–H and O–H groups in total. The number of hydrogen-bond donors (Lipinski definition) is 0. The van der Waals surface area contributed by atoms with Crippen molar-refractivity contribution in [3.05, 3.63) is 224 Å². The molecule has 1 aromatic heterocycles. The summed E-state index contributed by atoms with van der Waals surface area (Å²) in [7, 11) is 0. The number of anilines is 3. The van der Waals surface area contributed by atoms with Gasteiger partial charge in [0.1, 0.15) is 0 Å². The maximum atomic E-state index is 2.44. The zero-order chi connectivity index (χ0) is 37.3. The molecule has 0 atom stereocenters. The lowest BCUT2D eigenvalue weighted by Crippen LogP contribution is -2.11. The summed E-state index contributed by atoms with van der Waals surface area (Å²) in [6, 6.07) is 81.4. The molecule has 10 rings (SSSR count). The highest BCUT2D eigenvalue weighted by molar-refractivity contribution is 7.25. The van der Waals surface area contributed by atoms with Crippen LogP contribution in [0, 0.1) is 0 Å². The summed E-state index contributed by atoms with van der Waals surface area (Å²) in [5.74, 6) is 0. The van der Waals surface area contributed by atoms with Crippen molar-refractivity contribution >= 4 is 48.6 Å². The molecule has 0 saturated carbocycles. The minimum atomic E-state index is 1.10. The van der Waals surface area contributed by atoms with Gasteiger partial charge < -0.3 is 4.90 Å². The standard InChI is InChI=1S/C54H37NS/c1-5-16-38(17-6-1)39-28-31-44(32-29-39)55(45-33-35-53-50(37-45)48-24-13-14-27-52(48)56-53)51-34-30-43(36-49(51)41-20-9-3-10-21-41)47-26-15-25-46(40-18-7-2-8-19-40)54(47)42-22-11-4-12-23-42/h1-37H. The van der Waals surface area contributed by atoms with Crippen LogP contribution in [0.15, 0.2) is 224 Å². The smallest absolute Gasteiger partial charge is 0.0540 e. The van der Waals surface area contributed by atoms with Crippen molar-refractivity contribution in [2.75, 3.05) is 4.90 Å². The average Bonchev–Trinajstić information content (AvgIpc) is 3.66. The topological polar surface area (TPSA) is 3.24 Å². The second-order valence-electron chi connectivity index (χ2n) is 14.1. The van der Waals surface area contributed by atoms with E-state index < -0.39 is 0 Å². The van der Waals surface area contributed by atoms with Crippen LogP contribution >= 0.6 is 11.3 Å². The first-order chi connectivity index (χ1) is 27.8. The minimum absolute atomic E-state index is 1.10. The van der Waals surface area contributed by atoms with Crippen molar-refractivity contribution in [1.29, 1.82) is 0 Å². The van der Waals surface area contributed by atoms with E-state index in [1.807, 2.05) is 11.3 Å². The Kier molecular flexibility index (Phi) is 8.79. The summed E-state index contributed by atoms with van der Waals surface area (Å²) in [4.78, 5) is 2.44. The third-order valence-electron chi connectivity index (χ3n) is 10.7. The molecule has 10 aromatic rings. The lowest BCUT2D eigenvalue weighted by Gasteiger charge is -2.29. The van der Waals surface area contributed by atoms with Crippen LogP contribution in [0.25, 0.3) is 75.8 Å². The number of thiophene rings is 1. The maximum absolute atomic E-state index is 2.44. The van der Waals surface area contributed by atoms with Crippen LogP contribution < -0.4 is 4.90 Å². The summed E-state index contributed by atoms with van der Waals surface area (Å²) in [5.41, 5.74) is 15.3. The second-order valence-corrected chi connectivity index (χ2v) is 15.2. The Bertz CT molecular complexity index is 2930. The molecule has 0 aliphatic heterocycles. The Hall–Kier alpha value is -7.00. The fourth-order valence-corrected chi connectivity index (χ4v) is 9.11. The number of rotatable bonds is 8. The van der Waals surface area contributed by atoms with Gasteiger partial charge in [-0.25, -0.2) is 0 Å². The zero-order valence-electron chi connectivity index (χ0n) is 30.7. The van der Waals surface area contributed by atoms with Crippen molar-refractivity contribution in [2.24, 2.45) is 0 Å². The normalized spacial score (nSPS) is 11.2. The van der Waals surface area contributed by atoms with Crippen LogP contribution in [0.2, 0.25) is 0 Å². The average molecular weight is 732 g/mol. The van der Waals surface area contributed by atoms with Crippen molar-refractivity contribution in [1.82, 2.24) is 0 Å². The Morgan fingerprint density at radius 3 is 1.46 bits per heavy atom. The largest absolute Gasteiger partial charge is 0.310 e. The molecule has 0 fully saturated rings. The molecule has 264 valence electrons. The van der Waals surface area contributed by atoms with Crippen LogP contribution in [0.4, 0.5) is 17.1 Å². The summed E-state index contributed by atoms with van der Waals surface area (Å²) in [6.07, 6.45) is 0. The van der Waals surface area contributed by atoms with E-state index in [0.29, 0.717) is 0 Å². The van der Waals surface area contributed by atoms with Gasteiger partial charge in [-0.3, -0.25) is 0 Å². The van der Waals surface area contributed by atoms with Gasteiger partial charge >= 0.3 is 0 Å². The lowest BCUT2D eigenvalue weighted by molar-refractivity contribution is 1.29. The molecule has 1 nitrogen and oxygen atoms in total. The highest BCUT2D eigenvalue weighted by Crippen LogP contribution is 2.47. The van der Waals surface area contributed by atoms with Gasteiger partial charge in [-0.2, -0.15) is 0 Å². The molecule has 0 saturated heterocycles. The second kappa shape index (κ2) is 14.7. The van der Waals surface area contributed by atoms with Crippen molar-refractivity contribution in [3.8, 4) is 55.6 Å². The third-order valence-corrected chi connectivity index (χ3v) is 11.8. The van der Waals surface area contributed by atoms with Crippen molar-refractivity contribution in [3.63, 3.8) is 0 Å². The summed E-state index contributed by atoms with van der Waals surface area (Å²) in [6.45, 7) is 0. The Labute approximate surface area is 332 Å². The lowest BCUT2D eigenvalue weighted by atomic mass is 9.86. The molecule has 0 aliphatic carbocycles. The maximum Gasteiger partial charge on any atom is 0.0540 e. The van der Waals surface area contributed by atoms with E-state index in [1.165, 1.54) is 64.7 Å². The van der Waals surface area contributed by atoms with Gasteiger partial charge in [0.15, 0.2) is 0 Å². The molecule has 1 heterocycles. The van der Waals surface area contributed by atoms with E-state index in [1.54, 1.807) is 0 Å². The van der Waals surface area contributed by atoms with Gasteiger partial charge in [0.2, 0.25) is 0 Å². The molecule has 0 spiro atoms. The van der Waals surface area contributed by atoms with Crippen LogP contribution in [0.5, 0.6) is 0 Å². The fourth-order valence-electron chi connectivity index (χ4n) is 8.03. The van der Waals surface area contributed by atoms with Crippen LogP contribution in [0.1, 0.15) is 0 Å². The number of nitrogens with zero attached hydrogens (tertiary/aromatic N) is 1. The highest BCUT2D eigenvalue weighted by Gasteiger charge is 2.21. The van der Waals surface area contributed by atoms with E-state index in [2.05, 4.69) is 229 Å². The quantitative estimate of drug-likeness (QED) is 0.150. The molecule has 2 heteroatoms. The van der Waals surface area contributed by atoms with Gasteiger partial charge in [-0.05, 0) is 98.6 Å². The van der Waals surface area contributed by atoms with Crippen LogP contribution in [0.3, 0.4) is 0 Å². The first-order valence-electron chi connectivity index (χ1n) is 19.1. The van der Waals surface area contributed by atoms with Gasteiger partial charge in [-0.1, -0.05) is 176 Å². The molecule has 0 unspecified atom stereocenters. The minimum Gasteiger partial charge on any atom is -0.310 e. The zero-order valence-corrected chi connectivity index (χ0v) is 31.5. The van der Waals surface area contributed by atoms with Crippen LogP contribution in [-0.4, -0.2) is 0 Å². The van der Waals surface area contributed by atoms with E-state index >= 15 is 0 Å². The van der Waals surface area contributed by atoms with E-state index in [9.17, 15) is 0 Å². The number of hydrogen-bond acceptors (Lipinski definition) is 2. The van der Waals surface area contributed by atoms with E-state index in [4.69, 9.17) is 0 Å². The van der Waals surface area contributed by atoms with Gasteiger partial charge in [0, 0.05) is 37.1 Å². The summed E-state index contributed by atoms with van der Waals surface area (Å²) in [5, 5.41) is 2.57. The molecule has 9 aromatic carbocycles. The monoisotopic (exact) mass is 731 g/mol. The van der Waals surface area contributed by atoms with Gasteiger partial charge in [0.25, 0.3) is 0 Å². The molecule has 0 radical (unpaired) electrons. The number of fused-ring (bicyclic) bond motifs is 3. The predicted octanol–water partition coefficient (Wildman–Crippen LogP) is 15.9. The fraction of sp³-hybridized carbons (Fsp3) is 0. The van der Waals surface area contributed by atoms with Crippen LogP contribution in [-0.2, 0) is 0 Å². The SMILES string of the molecule is c1ccc(-c2ccc(N(c3ccc4sc5ccccc5c4c3)c3ccc(-c4cccc(-c5ccccc5)c4-c4ccccc4)cc3-c3ccccc3)cc2)cc1. The molecule has 0 aliphatic rings. The first-order valence-corrected chi connectivity index (χ1v) is 19.9. The van der Waals surface area contributed by atoms with E-state index in [0.717, 1.165) is 28.2 Å². The Balaban J connectivity index is 1.20. The summed E-state index contributed by atoms with van der Waals surface area (Å²) < 4.78 is 2.60. The molecular formula is C54H37NS. The predicted molar refractivity (Wildman–Crippen MR) is 241 cm³/mol. The molecule has 0 amide bonds. The molecule has 56 heavy (non-hydrogen) atoms. The number of benzene rings is 9. The van der Waals surface area contributed by atoms with E-state index in [-0.39, 0.29) is 0 Å².